The number of allylic oxidation sites excluding steroid dienone is 11. The Balaban J connectivity index is 1.69. The van der Waals surface area contributed by atoms with Gasteiger partial charge in [-0.1, -0.05) is 80.7 Å². The highest BCUT2D eigenvalue weighted by Gasteiger charge is 2.39. The molecule has 0 bridgehead atoms. The molecule has 1 saturated heterocycles. The molecule has 2 atom stereocenters. The molecular weight excluding hydrogens is 498 g/mol. The second-order valence-electron chi connectivity index (χ2n) is 10.2. The van der Waals surface area contributed by atoms with Crippen LogP contribution in [0.5, 0.6) is 0 Å². The van der Waals surface area contributed by atoms with Gasteiger partial charge in [0.05, 0.1) is 12.5 Å². The quantitative estimate of drug-likeness (QED) is 0.209. The van der Waals surface area contributed by atoms with Crippen LogP contribution in [-0.4, -0.2) is 71.1 Å². The van der Waals surface area contributed by atoms with Crippen LogP contribution >= 0.6 is 0 Å². The van der Waals surface area contributed by atoms with E-state index in [4.69, 9.17) is 0 Å². The normalized spacial score (nSPS) is 23.9. The lowest BCUT2D eigenvalue weighted by atomic mass is 9.87. The number of carbonyl (C=O) groups is 4. The van der Waals surface area contributed by atoms with Crippen molar-refractivity contribution in [3.63, 3.8) is 0 Å². The molecule has 0 spiro atoms. The van der Waals surface area contributed by atoms with E-state index in [0.717, 1.165) is 12.0 Å². The van der Waals surface area contributed by atoms with Crippen molar-refractivity contribution in [1.82, 2.24) is 15.5 Å². The van der Waals surface area contributed by atoms with Crippen molar-refractivity contribution in [3.05, 3.63) is 72.4 Å². The number of imide groups is 1. The number of amides is 4. The summed E-state index contributed by atoms with van der Waals surface area (Å²) in [6.45, 7) is 3.67. The fourth-order valence-electron chi connectivity index (χ4n) is 3.97. The summed E-state index contributed by atoms with van der Waals surface area (Å²) < 4.78 is 0. The molecular formula is C30H41N3O6. The second kappa shape index (κ2) is 16.4. The Hall–Kier alpha value is -3.56. The Labute approximate surface area is 230 Å². The van der Waals surface area contributed by atoms with Gasteiger partial charge in [0.25, 0.3) is 0 Å². The maximum absolute atomic E-state index is 13.0. The van der Waals surface area contributed by atoms with E-state index in [-0.39, 0.29) is 43.7 Å². The van der Waals surface area contributed by atoms with Crippen molar-refractivity contribution < 1.29 is 29.4 Å². The summed E-state index contributed by atoms with van der Waals surface area (Å²) in [5.41, 5.74) is -0.177. The maximum Gasteiger partial charge on any atom is 0.249 e. The average molecular weight is 540 g/mol. The first-order valence-electron chi connectivity index (χ1n) is 13.4. The molecule has 4 amide bonds. The summed E-state index contributed by atoms with van der Waals surface area (Å²) in [5.74, 6) is -1.71. The molecule has 1 aliphatic heterocycles. The molecule has 0 radical (unpaired) electrons. The van der Waals surface area contributed by atoms with Gasteiger partial charge in [-0.15, -0.1) is 0 Å². The van der Waals surface area contributed by atoms with Crippen molar-refractivity contribution in [3.8, 4) is 0 Å². The third-order valence-corrected chi connectivity index (χ3v) is 6.54. The van der Waals surface area contributed by atoms with Gasteiger partial charge in [-0.2, -0.15) is 0 Å². The molecule has 1 unspecified atom stereocenters. The SMILES string of the molecule is CC(C)(CO)[C@@H](O)C(=O)NCCC(=O)NCCCCCN1C(=O)CC(C2=C/C=C/C=C\C=C/C=C/C=C\2)C1=O. The molecule has 2 aliphatic rings. The van der Waals surface area contributed by atoms with Gasteiger partial charge in [0.1, 0.15) is 6.10 Å². The summed E-state index contributed by atoms with van der Waals surface area (Å²) in [5, 5.41) is 24.5. The summed E-state index contributed by atoms with van der Waals surface area (Å²) in [6, 6.07) is 0. The van der Waals surface area contributed by atoms with Gasteiger partial charge in [-0.25, -0.2) is 0 Å². The summed E-state index contributed by atoms with van der Waals surface area (Å²) in [4.78, 5) is 50.9. The van der Waals surface area contributed by atoms with Crippen molar-refractivity contribution >= 4 is 23.6 Å². The van der Waals surface area contributed by atoms with Gasteiger partial charge >= 0.3 is 0 Å². The molecule has 2 rings (SSSR count). The molecule has 1 heterocycles. The average Bonchev–Trinajstić information content (AvgIpc) is 3.18. The number of nitrogens with zero attached hydrogens (tertiary/aromatic N) is 1. The third-order valence-electron chi connectivity index (χ3n) is 6.54. The first kappa shape index (κ1) is 31.7. The number of nitrogens with one attached hydrogen (secondary N) is 2. The number of rotatable bonds is 13. The van der Waals surface area contributed by atoms with Gasteiger partial charge in [0.2, 0.25) is 23.6 Å². The van der Waals surface area contributed by atoms with Crippen LogP contribution in [0, 0.1) is 11.3 Å². The number of aliphatic hydroxyl groups excluding tert-OH is 2. The predicted octanol–water partition coefficient (Wildman–Crippen LogP) is 2.25. The second-order valence-corrected chi connectivity index (χ2v) is 10.2. The highest BCUT2D eigenvalue weighted by Crippen LogP contribution is 2.28. The van der Waals surface area contributed by atoms with E-state index in [9.17, 15) is 29.4 Å². The number of aliphatic hydroxyl groups is 2. The van der Waals surface area contributed by atoms with E-state index < -0.39 is 23.3 Å². The molecule has 0 aromatic rings. The molecule has 1 aliphatic carbocycles. The number of likely N-dealkylation sites (tertiary alicyclic amines) is 1. The summed E-state index contributed by atoms with van der Waals surface area (Å²) >= 11 is 0. The number of unbranched alkanes of at least 4 members (excludes halogenated alkanes) is 2. The first-order chi connectivity index (χ1) is 18.7. The van der Waals surface area contributed by atoms with E-state index in [1.165, 1.54) is 4.90 Å². The van der Waals surface area contributed by atoms with Gasteiger partial charge < -0.3 is 20.8 Å². The highest BCUT2D eigenvalue weighted by molar-refractivity contribution is 6.05. The Morgan fingerprint density at radius 3 is 2.26 bits per heavy atom. The van der Waals surface area contributed by atoms with Crippen molar-refractivity contribution in [2.45, 2.75) is 52.1 Å². The third kappa shape index (κ3) is 10.6. The number of hydrogen-bond acceptors (Lipinski definition) is 6. The van der Waals surface area contributed by atoms with Crippen LogP contribution < -0.4 is 10.6 Å². The molecule has 1 fully saturated rings. The Kier molecular flexibility index (Phi) is 13.3. The smallest absolute Gasteiger partial charge is 0.249 e. The van der Waals surface area contributed by atoms with Crippen LogP contribution in [0.2, 0.25) is 0 Å². The highest BCUT2D eigenvalue weighted by atomic mass is 16.3. The van der Waals surface area contributed by atoms with Crippen LogP contribution in [0.3, 0.4) is 0 Å². The van der Waals surface area contributed by atoms with Gasteiger partial charge in [0.15, 0.2) is 0 Å². The Bertz CT molecular complexity index is 1050. The number of carbonyl (C=O) groups excluding carboxylic acids is 4. The maximum atomic E-state index is 13.0. The van der Waals surface area contributed by atoms with E-state index >= 15 is 0 Å². The van der Waals surface area contributed by atoms with Crippen LogP contribution in [-0.2, 0) is 19.2 Å². The minimum absolute atomic E-state index is 0.0679. The molecule has 4 N–H and O–H groups in total. The fraction of sp³-hybridized carbons (Fsp3) is 0.467. The zero-order valence-corrected chi connectivity index (χ0v) is 22.8. The lowest BCUT2D eigenvalue weighted by Crippen LogP contribution is -2.46. The Morgan fingerprint density at radius 2 is 1.59 bits per heavy atom. The van der Waals surface area contributed by atoms with E-state index in [0.29, 0.717) is 25.9 Å². The van der Waals surface area contributed by atoms with Crippen molar-refractivity contribution in [1.29, 1.82) is 0 Å². The van der Waals surface area contributed by atoms with E-state index in [2.05, 4.69) is 10.6 Å². The zero-order valence-electron chi connectivity index (χ0n) is 22.8. The van der Waals surface area contributed by atoms with Gasteiger partial charge in [0, 0.05) is 37.9 Å². The van der Waals surface area contributed by atoms with Gasteiger partial charge in [-0.05, 0) is 24.8 Å². The minimum atomic E-state index is -1.37. The summed E-state index contributed by atoms with van der Waals surface area (Å²) in [7, 11) is 0. The standard InChI is InChI=1S/C30H41N3O6/c1-30(2,22-34)27(37)28(38)32-19-17-25(35)31-18-13-10-14-20-33-26(36)21-24(29(33)39)23-15-11-8-6-4-3-5-7-9-12-16-23/h3-9,11-12,15-16,24,27,34,37H,10,13-14,17-22H2,1-2H3,(H,31,35)(H,32,38)/b4-3-,5-3?,6-4?,7-5-,8-6+,9-7?,11-8?,12-9+,15-11-,16-12?,23-15?,23-16+/t24?,27-/m0/s1. The van der Waals surface area contributed by atoms with E-state index in [1.807, 2.05) is 66.8 Å². The van der Waals surface area contributed by atoms with Crippen LogP contribution in [0.1, 0.15) is 46.0 Å². The molecule has 9 nitrogen and oxygen atoms in total. The van der Waals surface area contributed by atoms with Crippen molar-refractivity contribution in [2.75, 3.05) is 26.2 Å². The largest absolute Gasteiger partial charge is 0.396 e. The molecule has 212 valence electrons. The number of hydrogen-bond donors (Lipinski definition) is 4. The topological polar surface area (TPSA) is 136 Å². The monoisotopic (exact) mass is 539 g/mol. The molecule has 0 saturated carbocycles. The zero-order chi connectivity index (χ0) is 28.7. The Morgan fingerprint density at radius 1 is 0.949 bits per heavy atom. The lowest BCUT2D eigenvalue weighted by Gasteiger charge is -2.27. The van der Waals surface area contributed by atoms with Crippen LogP contribution in [0.15, 0.2) is 72.4 Å². The molecule has 0 aromatic heterocycles. The minimum Gasteiger partial charge on any atom is -0.396 e. The molecule has 9 heteroatoms. The van der Waals surface area contributed by atoms with Crippen molar-refractivity contribution in [2.24, 2.45) is 11.3 Å². The van der Waals surface area contributed by atoms with Crippen LogP contribution in [0.25, 0.3) is 0 Å². The summed E-state index contributed by atoms with van der Waals surface area (Å²) in [6.07, 6.45) is 21.7. The molecule has 0 aromatic carbocycles. The van der Waals surface area contributed by atoms with Crippen LogP contribution in [0.4, 0.5) is 0 Å². The first-order valence-corrected chi connectivity index (χ1v) is 13.4. The predicted molar refractivity (Wildman–Crippen MR) is 150 cm³/mol. The fourth-order valence-corrected chi connectivity index (χ4v) is 3.97. The lowest BCUT2D eigenvalue weighted by molar-refractivity contribution is -0.139. The molecule has 39 heavy (non-hydrogen) atoms. The van der Waals surface area contributed by atoms with Gasteiger partial charge in [-0.3, -0.25) is 24.1 Å². The van der Waals surface area contributed by atoms with E-state index in [1.54, 1.807) is 13.8 Å².